The first kappa shape index (κ1) is 13.7. The second-order valence-electron chi connectivity index (χ2n) is 3.09. The van der Waals surface area contributed by atoms with Crippen molar-refractivity contribution in [1.82, 2.24) is 5.32 Å². The fraction of sp³-hybridized carbons (Fsp3) is 0.636. The lowest BCUT2D eigenvalue weighted by Crippen LogP contribution is -2.24. The molecule has 0 aromatic rings. The molecule has 4 nitrogen and oxygen atoms in total. The summed E-state index contributed by atoms with van der Waals surface area (Å²) >= 11 is 0. The van der Waals surface area contributed by atoms with Crippen molar-refractivity contribution in [3.05, 3.63) is 12.7 Å². The van der Waals surface area contributed by atoms with Crippen LogP contribution >= 0.6 is 0 Å². The Balaban J connectivity index is 3.33. The molecule has 0 saturated heterocycles. The van der Waals surface area contributed by atoms with Crippen molar-refractivity contribution in [2.75, 3.05) is 13.2 Å². The number of hydrogen-bond donors (Lipinski definition) is 1. The van der Waals surface area contributed by atoms with Gasteiger partial charge in [0, 0.05) is 19.4 Å². The highest BCUT2D eigenvalue weighted by atomic mass is 16.5. The predicted molar refractivity (Wildman–Crippen MR) is 58.3 cm³/mol. The molecule has 0 aliphatic carbocycles. The summed E-state index contributed by atoms with van der Waals surface area (Å²) in [5, 5.41) is 2.72. The smallest absolute Gasteiger partial charge is 0.305 e. The Kier molecular flexibility index (Phi) is 8.43. The molecule has 0 rings (SSSR count). The highest BCUT2D eigenvalue weighted by Gasteiger charge is 2.02. The van der Waals surface area contributed by atoms with Crippen molar-refractivity contribution >= 4 is 11.9 Å². The van der Waals surface area contributed by atoms with E-state index in [4.69, 9.17) is 4.74 Å². The van der Waals surface area contributed by atoms with E-state index in [2.05, 4.69) is 11.9 Å². The first-order valence-electron chi connectivity index (χ1n) is 5.24. The summed E-state index contributed by atoms with van der Waals surface area (Å²) in [5.41, 5.74) is 0. The molecule has 0 aliphatic heterocycles. The first-order chi connectivity index (χ1) is 7.20. The summed E-state index contributed by atoms with van der Waals surface area (Å²) in [6.45, 7) is 6.23. The van der Waals surface area contributed by atoms with Crippen molar-refractivity contribution in [2.24, 2.45) is 0 Å². The number of carbonyl (C=O) groups excluding carboxylic acids is 2. The zero-order valence-electron chi connectivity index (χ0n) is 9.25. The van der Waals surface area contributed by atoms with E-state index in [1.165, 1.54) is 0 Å². The lowest BCUT2D eigenvalue weighted by molar-refractivity contribution is -0.143. The second-order valence-corrected chi connectivity index (χ2v) is 3.09. The number of hydrogen-bond acceptors (Lipinski definition) is 3. The maximum Gasteiger partial charge on any atom is 0.305 e. The molecule has 4 heteroatoms. The average Bonchev–Trinajstić information content (AvgIpc) is 2.22. The molecule has 1 N–H and O–H groups in total. The monoisotopic (exact) mass is 213 g/mol. The van der Waals surface area contributed by atoms with E-state index >= 15 is 0 Å². The van der Waals surface area contributed by atoms with Crippen LogP contribution in [0.1, 0.15) is 32.6 Å². The summed E-state index contributed by atoms with van der Waals surface area (Å²) in [5.74, 6) is -0.211. The van der Waals surface area contributed by atoms with Crippen LogP contribution in [0.25, 0.3) is 0 Å². The van der Waals surface area contributed by atoms with Gasteiger partial charge in [-0.15, -0.1) is 6.58 Å². The molecule has 0 aromatic carbocycles. The largest absolute Gasteiger partial charge is 0.466 e. The third-order valence-electron chi connectivity index (χ3n) is 1.76. The maximum atomic E-state index is 11.1. The van der Waals surface area contributed by atoms with Crippen molar-refractivity contribution in [1.29, 1.82) is 0 Å². The molecule has 0 aliphatic rings. The van der Waals surface area contributed by atoms with E-state index in [1.54, 1.807) is 13.0 Å². The predicted octanol–water partition coefficient (Wildman–Crippen LogP) is 1.41. The van der Waals surface area contributed by atoms with Crippen LogP contribution in [0.15, 0.2) is 12.7 Å². The lowest BCUT2D eigenvalue weighted by atomic mass is 10.2. The van der Waals surface area contributed by atoms with Gasteiger partial charge in [0.25, 0.3) is 0 Å². The first-order valence-corrected chi connectivity index (χ1v) is 5.24. The van der Waals surface area contributed by atoms with E-state index in [9.17, 15) is 9.59 Å². The highest BCUT2D eigenvalue weighted by molar-refractivity contribution is 5.76. The zero-order chi connectivity index (χ0) is 11.5. The number of amides is 1. The molecule has 0 bridgehead atoms. The highest BCUT2D eigenvalue weighted by Crippen LogP contribution is 1.93. The molecule has 0 saturated carbocycles. The summed E-state index contributed by atoms with van der Waals surface area (Å²) in [7, 11) is 0. The molecule has 0 fully saturated rings. The topological polar surface area (TPSA) is 55.4 Å². The van der Waals surface area contributed by atoms with Gasteiger partial charge in [-0.1, -0.05) is 6.08 Å². The van der Waals surface area contributed by atoms with Crippen LogP contribution in [0.3, 0.4) is 0 Å². The van der Waals surface area contributed by atoms with E-state index in [-0.39, 0.29) is 11.9 Å². The number of carbonyl (C=O) groups is 2. The van der Waals surface area contributed by atoms with E-state index < -0.39 is 0 Å². The molecule has 1 amide bonds. The molecule has 0 atom stereocenters. The Labute approximate surface area is 90.7 Å². The Bertz CT molecular complexity index is 214. The minimum atomic E-state index is -0.210. The van der Waals surface area contributed by atoms with Gasteiger partial charge in [0.1, 0.15) is 0 Å². The zero-order valence-corrected chi connectivity index (χ0v) is 9.25. The number of nitrogens with one attached hydrogen (secondary N) is 1. The Morgan fingerprint density at radius 2 is 2.13 bits per heavy atom. The summed E-state index contributed by atoms with van der Waals surface area (Å²) < 4.78 is 4.75. The SMILES string of the molecule is C=CCCC(=O)NCCCC(=O)OCC. The minimum Gasteiger partial charge on any atom is -0.466 e. The van der Waals surface area contributed by atoms with Crippen molar-refractivity contribution < 1.29 is 14.3 Å². The number of esters is 1. The van der Waals surface area contributed by atoms with Crippen LogP contribution in [0.4, 0.5) is 0 Å². The van der Waals surface area contributed by atoms with Gasteiger partial charge in [0.05, 0.1) is 6.61 Å². The number of allylic oxidation sites excluding steroid dienone is 1. The van der Waals surface area contributed by atoms with Gasteiger partial charge in [-0.2, -0.15) is 0 Å². The van der Waals surface area contributed by atoms with Crippen LogP contribution in [0, 0.1) is 0 Å². The molecular formula is C11H19NO3. The molecule has 0 heterocycles. The third kappa shape index (κ3) is 9.00. The Hall–Kier alpha value is -1.32. The second kappa shape index (κ2) is 9.24. The summed E-state index contributed by atoms with van der Waals surface area (Å²) in [6, 6.07) is 0. The van der Waals surface area contributed by atoms with E-state index in [1.807, 2.05) is 0 Å². The average molecular weight is 213 g/mol. The van der Waals surface area contributed by atoms with Gasteiger partial charge in [-0.05, 0) is 19.8 Å². The van der Waals surface area contributed by atoms with Crippen LogP contribution < -0.4 is 5.32 Å². The van der Waals surface area contributed by atoms with E-state index in [0.717, 1.165) is 0 Å². The van der Waals surface area contributed by atoms with Crippen LogP contribution in [0.5, 0.6) is 0 Å². The molecule has 0 aromatic heterocycles. The summed E-state index contributed by atoms with van der Waals surface area (Å²) in [6.07, 6.45) is 3.83. The Morgan fingerprint density at radius 1 is 1.40 bits per heavy atom. The van der Waals surface area contributed by atoms with Gasteiger partial charge in [-0.3, -0.25) is 9.59 Å². The Morgan fingerprint density at radius 3 is 2.73 bits per heavy atom. The van der Waals surface area contributed by atoms with Crippen molar-refractivity contribution in [2.45, 2.75) is 32.6 Å². The van der Waals surface area contributed by atoms with Crippen molar-refractivity contribution in [3.63, 3.8) is 0 Å². The molecule has 0 unspecified atom stereocenters. The van der Waals surface area contributed by atoms with Gasteiger partial charge < -0.3 is 10.1 Å². The number of rotatable bonds is 8. The molecule has 0 radical (unpaired) electrons. The standard InChI is InChI=1S/C11H19NO3/c1-3-5-7-10(13)12-9-6-8-11(14)15-4-2/h3H,1,4-9H2,2H3,(H,12,13). The third-order valence-corrected chi connectivity index (χ3v) is 1.76. The molecule has 86 valence electrons. The van der Waals surface area contributed by atoms with Crippen LogP contribution in [0.2, 0.25) is 0 Å². The normalized spacial score (nSPS) is 9.40. The quantitative estimate of drug-likeness (QED) is 0.377. The fourth-order valence-electron chi connectivity index (χ4n) is 1.02. The van der Waals surface area contributed by atoms with Gasteiger partial charge in [0.15, 0.2) is 0 Å². The maximum absolute atomic E-state index is 11.1. The molecule has 15 heavy (non-hydrogen) atoms. The summed E-state index contributed by atoms with van der Waals surface area (Å²) in [4.78, 5) is 22.0. The van der Waals surface area contributed by atoms with Gasteiger partial charge in [-0.25, -0.2) is 0 Å². The van der Waals surface area contributed by atoms with Crippen LogP contribution in [-0.2, 0) is 14.3 Å². The van der Waals surface area contributed by atoms with Gasteiger partial charge >= 0.3 is 5.97 Å². The number of ether oxygens (including phenoxy) is 1. The van der Waals surface area contributed by atoms with Crippen LogP contribution in [-0.4, -0.2) is 25.0 Å². The molecular weight excluding hydrogens is 194 g/mol. The molecule has 0 spiro atoms. The van der Waals surface area contributed by atoms with Gasteiger partial charge in [0.2, 0.25) is 5.91 Å². The fourth-order valence-corrected chi connectivity index (χ4v) is 1.02. The minimum absolute atomic E-state index is 0.00115. The van der Waals surface area contributed by atoms with E-state index in [0.29, 0.717) is 38.8 Å². The van der Waals surface area contributed by atoms with Crippen molar-refractivity contribution in [3.8, 4) is 0 Å². The lowest BCUT2D eigenvalue weighted by Gasteiger charge is -2.04.